The van der Waals surface area contributed by atoms with Crippen LogP contribution in [-0.4, -0.2) is 48.8 Å². The first-order chi connectivity index (χ1) is 9.88. The van der Waals surface area contributed by atoms with Crippen molar-refractivity contribution in [1.29, 1.82) is 0 Å². The maximum absolute atomic E-state index is 12.5. The van der Waals surface area contributed by atoms with Crippen LogP contribution in [-0.2, 0) is 4.79 Å². The van der Waals surface area contributed by atoms with E-state index in [1.54, 1.807) is 19.0 Å². The minimum absolute atomic E-state index is 0.0586. The van der Waals surface area contributed by atoms with Crippen molar-refractivity contribution in [3.63, 3.8) is 0 Å². The molecule has 0 bridgehead atoms. The molecular weight excluding hydrogens is 264 g/mol. The molecule has 21 heavy (non-hydrogen) atoms. The number of carbonyl (C=O) groups excluding carboxylic acids is 2. The molecule has 0 N–H and O–H groups in total. The average Bonchev–Trinajstić information content (AvgIpc) is 2.44. The van der Waals surface area contributed by atoms with Crippen molar-refractivity contribution in [1.82, 2.24) is 9.80 Å². The number of likely N-dealkylation sites (tertiary alicyclic amines) is 1. The van der Waals surface area contributed by atoms with Crippen molar-refractivity contribution < 1.29 is 9.59 Å². The van der Waals surface area contributed by atoms with Crippen LogP contribution in [0.4, 0.5) is 0 Å². The van der Waals surface area contributed by atoms with Gasteiger partial charge in [0, 0.05) is 38.7 Å². The van der Waals surface area contributed by atoms with E-state index in [2.05, 4.69) is 6.07 Å². The lowest BCUT2D eigenvalue weighted by Crippen LogP contribution is -2.42. The number of amides is 2. The summed E-state index contributed by atoms with van der Waals surface area (Å²) in [5, 5.41) is 0. The van der Waals surface area contributed by atoms with E-state index in [-0.39, 0.29) is 17.7 Å². The summed E-state index contributed by atoms with van der Waals surface area (Å²) in [5.41, 5.74) is 2.97. The van der Waals surface area contributed by atoms with Gasteiger partial charge in [0.25, 0.3) is 5.91 Å². The van der Waals surface area contributed by atoms with Gasteiger partial charge in [0.1, 0.15) is 0 Å². The highest BCUT2D eigenvalue weighted by Gasteiger charge is 2.28. The van der Waals surface area contributed by atoms with E-state index in [1.165, 1.54) is 0 Å². The Morgan fingerprint density at radius 1 is 1.05 bits per heavy atom. The molecule has 1 saturated heterocycles. The van der Waals surface area contributed by atoms with Gasteiger partial charge in [-0.3, -0.25) is 9.59 Å². The third-order valence-electron chi connectivity index (χ3n) is 4.04. The van der Waals surface area contributed by atoms with E-state index in [4.69, 9.17) is 0 Å². The third kappa shape index (κ3) is 3.63. The Morgan fingerprint density at radius 3 is 2.05 bits per heavy atom. The molecule has 2 rings (SSSR count). The summed E-state index contributed by atoms with van der Waals surface area (Å²) in [5.74, 6) is 0.314. The van der Waals surface area contributed by atoms with Crippen molar-refractivity contribution >= 4 is 11.8 Å². The molecule has 2 amide bonds. The highest BCUT2D eigenvalue weighted by molar-refractivity contribution is 5.94. The van der Waals surface area contributed by atoms with Gasteiger partial charge in [-0.1, -0.05) is 17.2 Å². The van der Waals surface area contributed by atoms with Gasteiger partial charge in [0.05, 0.1) is 0 Å². The molecule has 114 valence electrons. The second-order valence-corrected chi connectivity index (χ2v) is 6.18. The molecule has 0 unspecified atom stereocenters. The summed E-state index contributed by atoms with van der Waals surface area (Å²) in [6.07, 6.45) is 1.51. The Labute approximate surface area is 126 Å². The number of hydrogen-bond acceptors (Lipinski definition) is 2. The van der Waals surface area contributed by atoms with Gasteiger partial charge >= 0.3 is 0 Å². The highest BCUT2D eigenvalue weighted by atomic mass is 16.2. The van der Waals surface area contributed by atoms with Gasteiger partial charge in [-0.15, -0.1) is 0 Å². The predicted molar refractivity (Wildman–Crippen MR) is 83.2 cm³/mol. The largest absolute Gasteiger partial charge is 0.349 e. The molecule has 0 atom stereocenters. The number of hydrogen-bond donors (Lipinski definition) is 0. The molecule has 0 aromatic heterocycles. The number of piperidine rings is 1. The molecule has 1 aromatic carbocycles. The van der Waals surface area contributed by atoms with Crippen LogP contribution in [0, 0.1) is 19.8 Å². The minimum atomic E-state index is 0.0586. The highest BCUT2D eigenvalue weighted by Crippen LogP contribution is 2.21. The molecule has 1 aliphatic heterocycles. The summed E-state index contributed by atoms with van der Waals surface area (Å²) in [6, 6.07) is 5.94. The van der Waals surface area contributed by atoms with Crippen LogP contribution in [0.2, 0.25) is 0 Å². The Hall–Kier alpha value is -1.84. The lowest BCUT2D eigenvalue weighted by atomic mass is 9.95. The summed E-state index contributed by atoms with van der Waals surface area (Å²) in [6.45, 7) is 5.34. The van der Waals surface area contributed by atoms with E-state index in [9.17, 15) is 9.59 Å². The Balaban J connectivity index is 2.02. The smallest absolute Gasteiger partial charge is 0.253 e. The maximum Gasteiger partial charge on any atom is 0.253 e. The normalized spacial score (nSPS) is 15.9. The van der Waals surface area contributed by atoms with Crippen molar-refractivity contribution in [2.24, 2.45) is 5.92 Å². The van der Waals surface area contributed by atoms with Crippen LogP contribution in [0.15, 0.2) is 18.2 Å². The third-order valence-corrected chi connectivity index (χ3v) is 4.04. The summed E-state index contributed by atoms with van der Waals surface area (Å²) >= 11 is 0. The standard InChI is InChI=1S/C17H24N2O2/c1-12-9-13(2)11-15(10-12)17(21)19-7-5-14(6-8-19)16(20)18(3)4/h9-11,14H,5-8H2,1-4H3. The number of aryl methyl sites for hydroxylation is 2. The quantitative estimate of drug-likeness (QED) is 0.837. The first-order valence-electron chi connectivity index (χ1n) is 7.47. The number of nitrogens with zero attached hydrogens (tertiary/aromatic N) is 2. The maximum atomic E-state index is 12.5. The summed E-state index contributed by atoms with van der Waals surface area (Å²) in [7, 11) is 3.57. The van der Waals surface area contributed by atoms with Crippen LogP contribution in [0.5, 0.6) is 0 Å². The molecular formula is C17H24N2O2. The van der Waals surface area contributed by atoms with Crippen molar-refractivity contribution in [3.8, 4) is 0 Å². The van der Waals surface area contributed by atoms with Gasteiger partial charge in [-0.05, 0) is 38.8 Å². The Kier molecular flexibility index (Phi) is 4.66. The number of benzene rings is 1. The van der Waals surface area contributed by atoms with Gasteiger partial charge in [-0.2, -0.15) is 0 Å². The molecule has 0 aliphatic carbocycles. The Bertz CT molecular complexity index is 523. The van der Waals surface area contributed by atoms with Gasteiger partial charge in [0.15, 0.2) is 0 Å². The Morgan fingerprint density at radius 2 is 1.57 bits per heavy atom. The van der Waals surface area contributed by atoms with E-state index < -0.39 is 0 Å². The van der Waals surface area contributed by atoms with E-state index >= 15 is 0 Å². The van der Waals surface area contributed by atoms with Crippen LogP contribution in [0.25, 0.3) is 0 Å². The first kappa shape index (κ1) is 15.5. The number of rotatable bonds is 2. The van der Waals surface area contributed by atoms with Crippen LogP contribution in [0.3, 0.4) is 0 Å². The van der Waals surface area contributed by atoms with E-state index in [1.807, 2.05) is 30.9 Å². The van der Waals surface area contributed by atoms with Gasteiger partial charge in [0.2, 0.25) is 5.91 Å². The number of carbonyl (C=O) groups is 2. The molecule has 1 heterocycles. The van der Waals surface area contributed by atoms with E-state index in [0.717, 1.165) is 29.5 Å². The van der Waals surface area contributed by atoms with Gasteiger partial charge in [-0.25, -0.2) is 0 Å². The molecule has 4 heteroatoms. The topological polar surface area (TPSA) is 40.6 Å². The second-order valence-electron chi connectivity index (χ2n) is 6.18. The zero-order chi connectivity index (χ0) is 15.6. The zero-order valence-corrected chi connectivity index (χ0v) is 13.3. The van der Waals surface area contributed by atoms with Crippen molar-refractivity contribution in [2.75, 3.05) is 27.2 Å². The SMILES string of the molecule is Cc1cc(C)cc(C(=O)N2CCC(C(=O)N(C)C)CC2)c1. The summed E-state index contributed by atoms with van der Waals surface area (Å²) in [4.78, 5) is 28.0. The lowest BCUT2D eigenvalue weighted by molar-refractivity contribution is -0.134. The first-order valence-corrected chi connectivity index (χ1v) is 7.47. The lowest BCUT2D eigenvalue weighted by Gasteiger charge is -2.32. The fourth-order valence-corrected chi connectivity index (χ4v) is 2.98. The average molecular weight is 288 g/mol. The van der Waals surface area contributed by atoms with Crippen molar-refractivity contribution in [2.45, 2.75) is 26.7 Å². The molecule has 1 aromatic rings. The van der Waals surface area contributed by atoms with Crippen LogP contribution >= 0.6 is 0 Å². The van der Waals surface area contributed by atoms with Crippen LogP contribution < -0.4 is 0 Å². The van der Waals surface area contributed by atoms with Crippen LogP contribution in [0.1, 0.15) is 34.3 Å². The van der Waals surface area contributed by atoms with Gasteiger partial charge < -0.3 is 9.80 Å². The molecule has 1 fully saturated rings. The molecule has 4 nitrogen and oxygen atoms in total. The fraction of sp³-hybridized carbons (Fsp3) is 0.529. The predicted octanol–water partition coefficient (Wildman–Crippen LogP) is 2.24. The summed E-state index contributed by atoms with van der Waals surface area (Å²) < 4.78 is 0. The van der Waals surface area contributed by atoms with Crippen molar-refractivity contribution in [3.05, 3.63) is 34.9 Å². The molecule has 1 aliphatic rings. The monoisotopic (exact) mass is 288 g/mol. The fourth-order valence-electron chi connectivity index (χ4n) is 2.98. The van der Waals surface area contributed by atoms with E-state index in [0.29, 0.717) is 13.1 Å². The minimum Gasteiger partial charge on any atom is -0.349 e. The second kappa shape index (κ2) is 6.29. The zero-order valence-electron chi connectivity index (χ0n) is 13.3. The molecule has 0 spiro atoms. The molecule has 0 radical (unpaired) electrons. The molecule has 0 saturated carbocycles.